The first-order chi connectivity index (χ1) is 12.8. The van der Waals surface area contributed by atoms with Gasteiger partial charge in [0.05, 0.1) is 25.3 Å². The number of rotatable bonds is 9. The van der Waals surface area contributed by atoms with E-state index in [9.17, 15) is 0 Å². The van der Waals surface area contributed by atoms with E-state index in [1.807, 2.05) is 18.2 Å². The molecule has 2 aromatic rings. The van der Waals surface area contributed by atoms with Gasteiger partial charge in [0, 0.05) is 6.07 Å². The fraction of sp³-hybridized carbons (Fsp3) is 0.636. The van der Waals surface area contributed by atoms with Crippen molar-refractivity contribution in [3.05, 3.63) is 23.9 Å². The highest BCUT2D eigenvalue weighted by atomic mass is 16.5. The van der Waals surface area contributed by atoms with E-state index in [4.69, 9.17) is 14.5 Å². The van der Waals surface area contributed by atoms with E-state index >= 15 is 0 Å². The second-order valence-electron chi connectivity index (χ2n) is 7.49. The molecule has 1 aromatic heterocycles. The zero-order valence-corrected chi connectivity index (χ0v) is 16.3. The zero-order chi connectivity index (χ0) is 18.2. The summed E-state index contributed by atoms with van der Waals surface area (Å²) in [5, 5.41) is 0. The summed E-state index contributed by atoms with van der Waals surface area (Å²) in [5.74, 6) is 2.44. The maximum absolute atomic E-state index is 5.47. The summed E-state index contributed by atoms with van der Waals surface area (Å²) in [6.07, 6.45) is 14.8. The number of unbranched alkanes of at least 4 members (excludes halogenated alkanes) is 3. The molecule has 1 aliphatic carbocycles. The summed E-state index contributed by atoms with van der Waals surface area (Å²) < 4.78 is 10.7. The first kappa shape index (κ1) is 18.9. The van der Waals surface area contributed by atoms with Crippen LogP contribution in [0.25, 0.3) is 11.0 Å². The lowest BCUT2D eigenvalue weighted by atomic mass is 9.85. The fourth-order valence-electron chi connectivity index (χ4n) is 4.06. The molecule has 1 saturated carbocycles. The molecule has 142 valence electrons. The van der Waals surface area contributed by atoms with Crippen LogP contribution in [0.5, 0.6) is 11.6 Å². The van der Waals surface area contributed by atoms with Gasteiger partial charge in [-0.2, -0.15) is 0 Å². The van der Waals surface area contributed by atoms with Gasteiger partial charge >= 0.3 is 0 Å². The van der Waals surface area contributed by atoms with Crippen LogP contribution in [0.4, 0.5) is 0 Å². The van der Waals surface area contributed by atoms with Crippen LogP contribution in [-0.4, -0.2) is 24.2 Å². The monoisotopic (exact) mass is 356 g/mol. The number of methoxy groups -OCH3 is 2. The molecular weight excluding hydrogens is 324 g/mol. The van der Waals surface area contributed by atoms with Crippen LogP contribution < -0.4 is 9.47 Å². The third-order valence-corrected chi connectivity index (χ3v) is 5.60. The van der Waals surface area contributed by atoms with Crippen molar-refractivity contribution in [2.45, 2.75) is 70.6 Å². The molecule has 0 amide bonds. The third kappa shape index (κ3) is 5.09. The molecule has 3 rings (SSSR count). The Bertz CT molecular complexity index is 696. The molecule has 1 aromatic carbocycles. The second-order valence-corrected chi connectivity index (χ2v) is 7.49. The molecule has 26 heavy (non-hydrogen) atoms. The highest BCUT2D eigenvalue weighted by Gasteiger charge is 2.13. The number of aryl methyl sites for hydroxylation is 1. The summed E-state index contributed by atoms with van der Waals surface area (Å²) in [4.78, 5) is 9.38. The molecule has 0 aliphatic heterocycles. The van der Waals surface area contributed by atoms with Crippen LogP contribution >= 0.6 is 0 Å². The fourth-order valence-corrected chi connectivity index (χ4v) is 4.06. The van der Waals surface area contributed by atoms with E-state index in [1.54, 1.807) is 14.2 Å². The molecule has 0 radical (unpaired) electrons. The van der Waals surface area contributed by atoms with Gasteiger partial charge in [0.25, 0.3) is 0 Å². The summed E-state index contributed by atoms with van der Waals surface area (Å²) in [7, 11) is 3.33. The van der Waals surface area contributed by atoms with Crippen LogP contribution in [0, 0.1) is 5.92 Å². The van der Waals surface area contributed by atoms with Gasteiger partial charge in [-0.15, -0.1) is 0 Å². The molecule has 0 saturated heterocycles. The number of ether oxygens (including phenoxy) is 2. The van der Waals surface area contributed by atoms with Crippen molar-refractivity contribution in [1.29, 1.82) is 0 Å². The number of aromatic nitrogens is 2. The third-order valence-electron chi connectivity index (χ3n) is 5.60. The number of hydrogen-bond acceptors (Lipinski definition) is 4. The molecule has 1 fully saturated rings. The molecule has 1 heterocycles. The highest BCUT2D eigenvalue weighted by Crippen LogP contribution is 2.28. The predicted octanol–water partition coefficient (Wildman–Crippen LogP) is 5.72. The minimum atomic E-state index is 0.646. The molecular formula is C22H32N2O2. The molecule has 4 heteroatoms. The number of benzene rings is 1. The van der Waals surface area contributed by atoms with Crippen molar-refractivity contribution in [3.63, 3.8) is 0 Å². The summed E-state index contributed by atoms with van der Waals surface area (Å²) in [6, 6.07) is 5.80. The number of fused-ring (bicyclic) bond motifs is 1. The maximum Gasteiger partial charge on any atom is 0.235 e. The van der Waals surface area contributed by atoms with Gasteiger partial charge in [-0.3, -0.25) is 0 Å². The average Bonchev–Trinajstić information content (AvgIpc) is 2.70. The van der Waals surface area contributed by atoms with E-state index in [1.165, 1.54) is 57.8 Å². The minimum Gasteiger partial charge on any atom is -0.497 e. The van der Waals surface area contributed by atoms with Crippen LogP contribution in [0.1, 0.15) is 69.9 Å². The van der Waals surface area contributed by atoms with Crippen molar-refractivity contribution in [2.75, 3.05) is 14.2 Å². The summed E-state index contributed by atoms with van der Waals surface area (Å²) >= 11 is 0. The quantitative estimate of drug-likeness (QED) is 0.539. The number of nitrogens with zero attached hydrogens (tertiary/aromatic N) is 2. The summed E-state index contributed by atoms with van der Waals surface area (Å²) in [6.45, 7) is 0. The van der Waals surface area contributed by atoms with Gasteiger partial charge in [0.15, 0.2) is 0 Å². The van der Waals surface area contributed by atoms with Crippen LogP contribution in [0.15, 0.2) is 18.2 Å². The van der Waals surface area contributed by atoms with Crippen molar-refractivity contribution in [1.82, 2.24) is 9.97 Å². The smallest absolute Gasteiger partial charge is 0.235 e. The zero-order valence-electron chi connectivity index (χ0n) is 16.3. The van der Waals surface area contributed by atoms with Gasteiger partial charge in [0.1, 0.15) is 11.4 Å². The Hall–Kier alpha value is -1.84. The molecule has 0 N–H and O–H groups in total. The predicted molar refractivity (Wildman–Crippen MR) is 106 cm³/mol. The SMILES string of the molecule is COc1ccc2nc(CCCCCCC3CCCCC3)c(OC)nc2c1. The minimum absolute atomic E-state index is 0.646. The second kappa shape index (κ2) is 9.75. The lowest BCUT2D eigenvalue weighted by molar-refractivity contribution is 0.328. The van der Waals surface area contributed by atoms with Crippen molar-refractivity contribution >= 4 is 11.0 Å². The standard InChI is InChI=1S/C22H32N2O2/c1-25-18-14-15-19-21(16-18)24-22(26-2)20(23-19)13-9-4-3-6-10-17-11-7-5-8-12-17/h14-17H,3-13H2,1-2H3. The van der Waals surface area contributed by atoms with E-state index in [0.29, 0.717) is 5.88 Å². The first-order valence-corrected chi connectivity index (χ1v) is 10.2. The summed E-state index contributed by atoms with van der Waals surface area (Å²) in [5.41, 5.74) is 2.69. The van der Waals surface area contributed by atoms with Crippen LogP contribution in [0.2, 0.25) is 0 Å². The largest absolute Gasteiger partial charge is 0.497 e. The van der Waals surface area contributed by atoms with Gasteiger partial charge in [-0.1, -0.05) is 57.8 Å². The normalized spacial score (nSPS) is 15.3. The maximum atomic E-state index is 5.47. The topological polar surface area (TPSA) is 44.2 Å². The number of hydrogen-bond donors (Lipinski definition) is 0. The van der Waals surface area contributed by atoms with E-state index in [-0.39, 0.29) is 0 Å². The van der Waals surface area contributed by atoms with E-state index < -0.39 is 0 Å². The van der Waals surface area contributed by atoms with Gasteiger partial charge in [-0.05, 0) is 30.9 Å². The molecule has 4 nitrogen and oxygen atoms in total. The van der Waals surface area contributed by atoms with Crippen molar-refractivity contribution in [3.8, 4) is 11.6 Å². The van der Waals surface area contributed by atoms with Gasteiger partial charge < -0.3 is 9.47 Å². The Balaban J connectivity index is 1.48. The molecule has 0 spiro atoms. The Morgan fingerprint density at radius 2 is 1.69 bits per heavy atom. The lowest BCUT2D eigenvalue weighted by Crippen LogP contribution is -2.05. The molecule has 0 atom stereocenters. The highest BCUT2D eigenvalue weighted by molar-refractivity contribution is 5.76. The van der Waals surface area contributed by atoms with Crippen LogP contribution in [-0.2, 0) is 6.42 Å². The Morgan fingerprint density at radius 3 is 2.46 bits per heavy atom. The molecule has 0 bridgehead atoms. The van der Waals surface area contributed by atoms with Crippen molar-refractivity contribution in [2.24, 2.45) is 5.92 Å². The molecule has 0 unspecified atom stereocenters. The Labute approximate surface area is 157 Å². The first-order valence-electron chi connectivity index (χ1n) is 10.2. The van der Waals surface area contributed by atoms with E-state index in [2.05, 4.69) is 4.98 Å². The van der Waals surface area contributed by atoms with E-state index in [0.717, 1.165) is 41.2 Å². The molecule has 1 aliphatic rings. The Kier molecular flexibility index (Phi) is 7.10. The Morgan fingerprint density at radius 1 is 0.885 bits per heavy atom. The van der Waals surface area contributed by atoms with Gasteiger partial charge in [0.2, 0.25) is 5.88 Å². The van der Waals surface area contributed by atoms with Crippen molar-refractivity contribution < 1.29 is 9.47 Å². The lowest BCUT2D eigenvalue weighted by Gasteiger charge is -2.21. The average molecular weight is 357 g/mol. The van der Waals surface area contributed by atoms with Gasteiger partial charge in [-0.25, -0.2) is 9.97 Å². The van der Waals surface area contributed by atoms with Crippen LogP contribution in [0.3, 0.4) is 0 Å².